The summed E-state index contributed by atoms with van der Waals surface area (Å²) in [5.41, 5.74) is 2.92. The minimum absolute atomic E-state index is 0.0828. The Morgan fingerprint density at radius 1 is 1.09 bits per heavy atom. The summed E-state index contributed by atoms with van der Waals surface area (Å²) in [6.07, 6.45) is 1.64. The van der Waals surface area contributed by atoms with Crippen LogP contribution in [-0.4, -0.2) is 27.1 Å². The Hall–Kier alpha value is -3.69. The van der Waals surface area contributed by atoms with Crippen LogP contribution in [0.25, 0.3) is 21.3 Å². The average molecular weight is 491 g/mol. The molecule has 0 radical (unpaired) electrons. The first-order chi connectivity index (χ1) is 16.5. The van der Waals surface area contributed by atoms with E-state index in [1.807, 2.05) is 35.7 Å². The highest BCUT2D eigenvalue weighted by Crippen LogP contribution is 2.32. The van der Waals surface area contributed by atoms with Crippen molar-refractivity contribution in [1.82, 2.24) is 9.55 Å². The van der Waals surface area contributed by atoms with Gasteiger partial charge in [-0.3, -0.25) is 19.0 Å². The molecule has 0 aliphatic carbocycles. The first-order valence-corrected chi connectivity index (χ1v) is 12.3. The van der Waals surface area contributed by atoms with Gasteiger partial charge >= 0.3 is 0 Å². The number of hydrogen-bond donors (Lipinski definition) is 2. The molecule has 0 saturated carbocycles. The van der Waals surface area contributed by atoms with Crippen molar-refractivity contribution in [3.8, 4) is 11.1 Å². The second kappa shape index (κ2) is 10.5. The lowest BCUT2D eigenvalue weighted by molar-refractivity contribution is -0.114. The van der Waals surface area contributed by atoms with Gasteiger partial charge in [0.05, 0.1) is 11.1 Å². The van der Waals surface area contributed by atoms with E-state index in [-0.39, 0.29) is 23.1 Å². The monoisotopic (exact) mass is 490 g/mol. The molecular weight excluding hydrogens is 468 g/mol. The molecule has 2 amide bonds. The van der Waals surface area contributed by atoms with Crippen LogP contribution in [0.15, 0.2) is 82.6 Å². The van der Waals surface area contributed by atoms with Crippen molar-refractivity contribution in [2.24, 2.45) is 0 Å². The fourth-order valence-electron chi connectivity index (χ4n) is 3.40. The molecule has 7 nitrogen and oxygen atoms in total. The summed E-state index contributed by atoms with van der Waals surface area (Å²) in [5.74, 6) is -0.308. The van der Waals surface area contributed by atoms with Crippen molar-refractivity contribution in [3.63, 3.8) is 0 Å². The summed E-state index contributed by atoms with van der Waals surface area (Å²) in [6.45, 7) is 5.49. The lowest BCUT2D eigenvalue weighted by Gasteiger charge is -2.11. The van der Waals surface area contributed by atoms with Gasteiger partial charge in [-0.05, 0) is 29.8 Å². The number of carbonyl (C=O) groups is 2. The zero-order chi connectivity index (χ0) is 24.1. The van der Waals surface area contributed by atoms with Crippen molar-refractivity contribution in [2.45, 2.75) is 18.6 Å². The van der Waals surface area contributed by atoms with Crippen LogP contribution in [0, 0.1) is 0 Å². The molecule has 172 valence electrons. The highest BCUT2D eigenvalue weighted by atomic mass is 32.2. The largest absolute Gasteiger partial charge is 0.326 e. The molecule has 0 spiro atoms. The summed E-state index contributed by atoms with van der Waals surface area (Å²) < 4.78 is 1.55. The molecule has 0 fully saturated rings. The van der Waals surface area contributed by atoms with Gasteiger partial charge in [0.15, 0.2) is 5.16 Å². The van der Waals surface area contributed by atoms with E-state index in [4.69, 9.17) is 4.98 Å². The first-order valence-electron chi connectivity index (χ1n) is 10.4. The van der Waals surface area contributed by atoms with Crippen LogP contribution in [0.5, 0.6) is 0 Å². The third-order valence-corrected chi connectivity index (χ3v) is 6.73. The molecule has 2 aromatic heterocycles. The fourth-order valence-corrected chi connectivity index (χ4v) is 5.20. The Balaban J connectivity index is 1.54. The minimum Gasteiger partial charge on any atom is -0.326 e. The van der Waals surface area contributed by atoms with Crippen molar-refractivity contribution in [3.05, 3.63) is 83.0 Å². The van der Waals surface area contributed by atoms with Gasteiger partial charge in [-0.1, -0.05) is 48.2 Å². The van der Waals surface area contributed by atoms with Gasteiger partial charge in [0.25, 0.3) is 5.56 Å². The Kier molecular flexibility index (Phi) is 7.24. The maximum atomic E-state index is 13.4. The van der Waals surface area contributed by atoms with E-state index >= 15 is 0 Å². The number of nitrogens with one attached hydrogen (secondary N) is 2. The van der Waals surface area contributed by atoms with Gasteiger partial charge in [-0.25, -0.2) is 4.98 Å². The highest BCUT2D eigenvalue weighted by molar-refractivity contribution is 7.99. The predicted octanol–water partition coefficient (Wildman–Crippen LogP) is 5.00. The molecule has 4 aromatic rings. The molecule has 0 aliphatic heterocycles. The maximum Gasteiger partial charge on any atom is 0.263 e. The normalized spacial score (nSPS) is 10.7. The van der Waals surface area contributed by atoms with Gasteiger partial charge in [0, 0.05) is 35.8 Å². The Labute approximate surface area is 204 Å². The molecular formula is C25H22N4O3S2. The number of benzene rings is 2. The molecule has 2 N–H and O–H groups in total. The molecule has 0 saturated heterocycles. The molecule has 2 aromatic carbocycles. The SMILES string of the molecule is C=CCn1c(SCC(=O)Nc2ccc(NC(C)=O)cc2)nc2scc(-c3ccccc3)c2c1=O. The fraction of sp³-hybridized carbons (Fsp3) is 0.120. The first kappa shape index (κ1) is 23.5. The molecule has 4 rings (SSSR count). The van der Waals surface area contributed by atoms with Crippen LogP contribution in [-0.2, 0) is 16.1 Å². The number of allylic oxidation sites excluding steroid dienone is 1. The topological polar surface area (TPSA) is 93.1 Å². The number of thiophene rings is 1. The van der Waals surface area contributed by atoms with E-state index in [0.717, 1.165) is 11.1 Å². The standard InChI is InChI=1S/C25H22N4O3S2/c1-3-13-29-24(32)22-20(17-7-5-4-6-8-17)14-33-23(22)28-25(29)34-15-21(31)27-19-11-9-18(10-12-19)26-16(2)30/h3-12,14H,1,13,15H2,2H3,(H,26,30)(H,27,31). The van der Waals surface area contributed by atoms with Crippen LogP contribution >= 0.6 is 23.1 Å². The molecule has 0 atom stereocenters. The number of amides is 2. The van der Waals surface area contributed by atoms with Crippen LogP contribution < -0.4 is 16.2 Å². The van der Waals surface area contributed by atoms with Gasteiger partial charge in [0.2, 0.25) is 11.8 Å². The average Bonchev–Trinajstić information content (AvgIpc) is 3.25. The van der Waals surface area contributed by atoms with E-state index in [1.165, 1.54) is 30.0 Å². The smallest absolute Gasteiger partial charge is 0.263 e. The highest BCUT2D eigenvalue weighted by Gasteiger charge is 2.17. The van der Waals surface area contributed by atoms with Crippen molar-refractivity contribution < 1.29 is 9.59 Å². The van der Waals surface area contributed by atoms with Gasteiger partial charge in [0.1, 0.15) is 4.83 Å². The predicted molar refractivity (Wildman–Crippen MR) is 140 cm³/mol. The van der Waals surface area contributed by atoms with Gasteiger partial charge in [-0.15, -0.1) is 17.9 Å². The van der Waals surface area contributed by atoms with E-state index < -0.39 is 0 Å². The number of aromatic nitrogens is 2. The Bertz CT molecular complexity index is 1410. The van der Waals surface area contributed by atoms with E-state index in [2.05, 4.69) is 17.2 Å². The molecule has 0 bridgehead atoms. The Morgan fingerprint density at radius 3 is 2.41 bits per heavy atom. The number of carbonyl (C=O) groups excluding carboxylic acids is 2. The van der Waals surface area contributed by atoms with Crippen molar-refractivity contribution >= 4 is 56.5 Å². The lowest BCUT2D eigenvalue weighted by Crippen LogP contribution is -2.23. The number of fused-ring (bicyclic) bond motifs is 1. The van der Waals surface area contributed by atoms with E-state index in [9.17, 15) is 14.4 Å². The summed E-state index contributed by atoms with van der Waals surface area (Å²) in [7, 11) is 0. The second-order valence-electron chi connectivity index (χ2n) is 7.39. The van der Waals surface area contributed by atoms with Crippen molar-refractivity contribution in [1.29, 1.82) is 0 Å². The van der Waals surface area contributed by atoms with Crippen LogP contribution in [0.4, 0.5) is 11.4 Å². The molecule has 9 heteroatoms. The summed E-state index contributed by atoms with van der Waals surface area (Å²) in [6, 6.07) is 16.6. The molecule has 2 heterocycles. The third-order valence-electron chi connectivity index (χ3n) is 4.88. The van der Waals surface area contributed by atoms with Crippen LogP contribution in [0.3, 0.4) is 0 Å². The van der Waals surface area contributed by atoms with Gasteiger partial charge in [-0.2, -0.15) is 0 Å². The molecule has 0 aliphatic rings. The van der Waals surface area contributed by atoms with Crippen LogP contribution in [0.2, 0.25) is 0 Å². The Morgan fingerprint density at radius 2 is 1.76 bits per heavy atom. The maximum absolute atomic E-state index is 13.4. The second-order valence-corrected chi connectivity index (χ2v) is 9.19. The zero-order valence-electron chi connectivity index (χ0n) is 18.4. The number of hydrogen-bond acceptors (Lipinski definition) is 6. The van der Waals surface area contributed by atoms with Gasteiger partial charge < -0.3 is 10.6 Å². The van der Waals surface area contributed by atoms with E-state index in [0.29, 0.717) is 33.3 Å². The molecule has 34 heavy (non-hydrogen) atoms. The zero-order valence-corrected chi connectivity index (χ0v) is 20.0. The third kappa shape index (κ3) is 5.27. The summed E-state index contributed by atoms with van der Waals surface area (Å²) in [5, 5.41) is 8.48. The quantitative estimate of drug-likeness (QED) is 0.206. The summed E-state index contributed by atoms with van der Waals surface area (Å²) in [4.78, 5) is 42.4. The lowest BCUT2D eigenvalue weighted by atomic mass is 10.1. The van der Waals surface area contributed by atoms with E-state index in [1.54, 1.807) is 34.9 Å². The van der Waals surface area contributed by atoms with Crippen molar-refractivity contribution in [2.75, 3.05) is 16.4 Å². The van der Waals surface area contributed by atoms with Crippen LogP contribution in [0.1, 0.15) is 6.92 Å². The number of rotatable bonds is 8. The summed E-state index contributed by atoms with van der Waals surface area (Å²) >= 11 is 2.61. The number of nitrogens with zero attached hydrogens (tertiary/aromatic N) is 2. The molecule has 0 unspecified atom stereocenters. The minimum atomic E-state index is -0.229. The number of anilines is 2. The number of thioether (sulfide) groups is 1.